The number of fused-ring (bicyclic) bond motifs is 1. The smallest absolute Gasteiger partial charge is 0.194 e. The molecule has 2 aromatic heterocycles. The molecule has 3 aromatic rings. The first kappa shape index (κ1) is 11.0. The van der Waals surface area contributed by atoms with E-state index >= 15 is 0 Å². The highest BCUT2D eigenvalue weighted by Gasteiger charge is 2.14. The lowest BCUT2D eigenvalue weighted by atomic mass is 10.2. The summed E-state index contributed by atoms with van der Waals surface area (Å²) in [7, 11) is 0. The van der Waals surface area contributed by atoms with E-state index in [9.17, 15) is 0 Å². The molecule has 0 radical (unpaired) electrons. The van der Waals surface area contributed by atoms with E-state index in [1.54, 1.807) is 0 Å². The molecule has 0 aliphatic heterocycles. The van der Waals surface area contributed by atoms with Crippen LogP contribution in [0.4, 0.5) is 0 Å². The molecule has 0 unspecified atom stereocenters. The van der Waals surface area contributed by atoms with Crippen molar-refractivity contribution < 1.29 is 8.83 Å². The van der Waals surface area contributed by atoms with E-state index < -0.39 is 0 Å². The monoisotopic (exact) mass is 242 g/mol. The van der Waals surface area contributed by atoms with E-state index in [0.29, 0.717) is 12.3 Å². The second-order valence-electron chi connectivity index (χ2n) is 4.06. The zero-order valence-corrected chi connectivity index (χ0v) is 10.1. The van der Waals surface area contributed by atoms with E-state index in [1.165, 1.54) is 6.39 Å². The van der Waals surface area contributed by atoms with Crippen molar-refractivity contribution in [1.82, 2.24) is 10.3 Å². The molecule has 1 aromatic carbocycles. The van der Waals surface area contributed by atoms with Gasteiger partial charge in [-0.3, -0.25) is 0 Å². The van der Waals surface area contributed by atoms with Gasteiger partial charge in [0.1, 0.15) is 11.3 Å². The van der Waals surface area contributed by atoms with E-state index in [1.807, 2.05) is 30.3 Å². The van der Waals surface area contributed by atoms with Crippen molar-refractivity contribution in [3.8, 4) is 11.5 Å². The van der Waals surface area contributed by atoms with E-state index in [2.05, 4.69) is 17.2 Å². The largest absolute Gasteiger partial charge is 0.453 e. The maximum absolute atomic E-state index is 5.77. The second-order valence-corrected chi connectivity index (χ2v) is 4.06. The van der Waals surface area contributed by atoms with Gasteiger partial charge < -0.3 is 14.2 Å². The Morgan fingerprint density at radius 1 is 1.28 bits per heavy atom. The number of furan rings is 1. The van der Waals surface area contributed by atoms with Crippen LogP contribution >= 0.6 is 0 Å². The minimum absolute atomic E-state index is 0.680. The molecule has 3 rings (SSSR count). The third kappa shape index (κ3) is 1.91. The van der Waals surface area contributed by atoms with Crippen LogP contribution in [0.2, 0.25) is 0 Å². The highest BCUT2D eigenvalue weighted by Crippen LogP contribution is 2.29. The molecule has 4 heteroatoms. The van der Waals surface area contributed by atoms with Crippen molar-refractivity contribution >= 4 is 11.0 Å². The summed E-state index contributed by atoms with van der Waals surface area (Å²) in [6, 6.07) is 9.88. The molecular weight excluding hydrogens is 228 g/mol. The van der Waals surface area contributed by atoms with Crippen molar-refractivity contribution in [3.05, 3.63) is 42.4 Å². The minimum atomic E-state index is 0.680. The molecule has 0 bridgehead atoms. The number of para-hydroxylation sites is 1. The van der Waals surface area contributed by atoms with Gasteiger partial charge in [0.2, 0.25) is 0 Å². The Labute approximate surface area is 105 Å². The number of nitrogens with one attached hydrogen (secondary N) is 1. The number of hydrogen-bond acceptors (Lipinski definition) is 4. The summed E-state index contributed by atoms with van der Waals surface area (Å²) in [5.41, 5.74) is 1.73. The van der Waals surface area contributed by atoms with Crippen LogP contribution in [0, 0.1) is 0 Å². The quantitative estimate of drug-likeness (QED) is 0.763. The number of nitrogens with zero attached hydrogens (tertiary/aromatic N) is 1. The molecule has 0 saturated heterocycles. The van der Waals surface area contributed by atoms with Gasteiger partial charge >= 0.3 is 0 Å². The molecule has 18 heavy (non-hydrogen) atoms. The Kier molecular flexibility index (Phi) is 2.86. The lowest BCUT2D eigenvalue weighted by Gasteiger charge is -1.98. The Morgan fingerprint density at radius 3 is 3.00 bits per heavy atom. The van der Waals surface area contributed by atoms with Crippen LogP contribution in [0.3, 0.4) is 0 Å². The summed E-state index contributed by atoms with van der Waals surface area (Å²) in [6.07, 6.45) is 1.45. The maximum atomic E-state index is 5.77. The van der Waals surface area contributed by atoms with Crippen molar-refractivity contribution in [2.24, 2.45) is 0 Å². The molecule has 1 N–H and O–H groups in total. The normalized spacial score (nSPS) is 11.2. The average molecular weight is 242 g/mol. The van der Waals surface area contributed by atoms with E-state index in [-0.39, 0.29) is 0 Å². The fourth-order valence-electron chi connectivity index (χ4n) is 1.93. The molecule has 0 amide bonds. The fourth-order valence-corrected chi connectivity index (χ4v) is 1.93. The van der Waals surface area contributed by atoms with Gasteiger partial charge in [-0.25, -0.2) is 4.98 Å². The Hall–Kier alpha value is -2.07. The van der Waals surface area contributed by atoms with Crippen LogP contribution in [-0.2, 0) is 6.54 Å². The van der Waals surface area contributed by atoms with Gasteiger partial charge in [0.25, 0.3) is 0 Å². The third-order valence-electron chi connectivity index (χ3n) is 2.83. The Bertz CT molecular complexity index is 621. The fraction of sp³-hybridized carbons (Fsp3) is 0.214. The van der Waals surface area contributed by atoms with Crippen molar-refractivity contribution in [3.63, 3.8) is 0 Å². The van der Waals surface area contributed by atoms with E-state index in [4.69, 9.17) is 8.83 Å². The second kappa shape index (κ2) is 4.66. The first-order valence-corrected chi connectivity index (χ1v) is 6.00. The first-order valence-electron chi connectivity index (χ1n) is 6.00. The maximum Gasteiger partial charge on any atom is 0.194 e. The SMILES string of the molecule is CCNCc1ncoc1-c1cc2ccccc2o1. The van der Waals surface area contributed by atoms with Crippen molar-refractivity contribution in [1.29, 1.82) is 0 Å². The van der Waals surface area contributed by atoms with Gasteiger partial charge in [0.15, 0.2) is 17.9 Å². The predicted molar refractivity (Wildman–Crippen MR) is 69.1 cm³/mol. The number of aromatic nitrogens is 1. The third-order valence-corrected chi connectivity index (χ3v) is 2.83. The van der Waals surface area contributed by atoms with Gasteiger partial charge in [-0.05, 0) is 18.7 Å². The molecule has 0 saturated carbocycles. The highest BCUT2D eigenvalue weighted by molar-refractivity contribution is 5.82. The molecule has 0 aliphatic rings. The molecule has 4 nitrogen and oxygen atoms in total. The van der Waals surface area contributed by atoms with Crippen LogP contribution in [-0.4, -0.2) is 11.5 Å². The number of rotatable bonds is 4. The zero-order valence-electron chi connectivity index (χ0n) is 10.1. The summed E-state index contributed by atoms with van der Waals surface area (Å²) in [5, 5.41) is 4.30. The number of oxazole rings is 1. The molecule has 92 valence electrons. The van der Waals surface area contributed by atoms with Gasteiger partial charge in [-0.15, -0.1) is 0 Å². The van der Waals surface area contributed by atoms with Gasteiger partial charge in [0, 0.05) is 11.9 Å². The summed E-state index contributed by atoms with van der Waals surface area (Å²) in [5.74, 6) is 1.42. The molecule has 0 aliphatic carbocycles. The zero-order chi connectivity index (χ0) is 12.4. The summed E-state index contributed by atoms with van der Waals surface area (Å²) >= 11 is 0. The molecule has 0 fully saturated rings. The standard InChI is InChI=1S/C14H14N2O2/c1-2-15-8-11-14(17-9-16-11)13-7-10-5-3-4-6-12(10)18-13/h3-7,9,15H,2,8H2,1H3. The van der Waals surface area contributed by atoms with Gasteiger partial charge in [-0.2, -0.15) is 0 Å². The highest BCUT2D eigenvalue weighted by atomic mass is 16.4. The lowest BCUT2D eigenvalue weighted by molar-refractivity contribution is 0.534. The number of benzene rings is 1. The van der Waals surface area contributed by atoms with Crippen LogP contribution in [0.25, 0.3) is 22.5 Å². The summed E-state index contributed by atoms with van der Waals surface area (Å²) in [6.45, 7) is 3.63. The first-order chi connectivity index (χ1) is 8.88. The topological polar surface area (TPSA) is 51.2 Å². The molecule has 0 spiro atoms. The van der Waals surface area contributed by atoms with Crippen molar-refractivity contribution in [2.75, 3.05) is 6.54 Å². The van der Waals surface area contributed by atoms with Crippen LogP contribution in [0.15, 0.2) is 45.6 Å². The lowest BCUT2D eigenvalue weighted by Crippen LogP contribution is -2.12. The Balaban J connectivity index is 2.01. The van der Waals surface area contributed by atoms with Crippen LogP contribution in [0.5, 0.6) is 0 Å². The minimum Gasteiger partial charge on any atom is -0.453 e. The molecular formula is C14H14N2O2. The Morgan fingerprint density at radius 2 is 2.17 bits per heavy atom. The van der Waals surface area contributed by atoms with Crippen LogP contribution < -0.4 is 5.32 Å². The van der Waals surface area contributed by atoms with Crippen molar-refractivity contribution in [2.45, 2.75) is 13.5 Å². The summed E-state index contributed by atoms with van der Waals surface area (Å²) < 4.78 is 11.2. The molecule has 0 atom stereocenters. The number of hydrogen-bond donors (Lipinski definition) is 1. The van der Waals surface area contributed by atoms with E-state index in [0.717, 1.165) is 29.0 Å². The van der Waals surface area contributed by atoms with Gasteiger partial charge in [0.05, 0.1) is 0 Å². The predicted octanol–water partition coefficient (Wildman–Crippen LogP) is 3.20. The summed E-state index contributed by atoms with van der Waals surface area (Å²) in [4.78, 5) is 4.21. The molecule has 2 heterocycles. The average Bonchev–Trinajstić information content (AvgIpc) is 3.01. The van der Waals surface area contributed by atoms with Crippen LogP contribution in [0.1, 0.15) is 12.6 Å². The van der Waals surface area contributed by atoms with Gasteiger partial charge in [-0.1, -0.05) is 25.1 Å².